The Balaban J connectivity index is 1.97. The van der Waals surface area contributed by atoms with E-state index >= 15 is 0 Å². The van der Waals surface area contributed by atoms with E-state index in [9.17, 15) is 5.11 Å². The summed E-state index contributed by atoms with van der Waals surface area (Å²) < 4.78 is 5.38. The number of hydrogen-bond donors (Lipinski definition) is 2. The maximum atomic E-state index is 10.2. The summed E-state index contributed by atoms with van der Waals surface area (Å²) in [5.41, 5.74) is 2.10. The monoisotopic (exact) mass is 272 g/mol. The Labute approximate surface area is 120 Å². The number of aliphatic hydroxyl groups is 1. The summed E-state index contributed by atoms with van der Waals surface area (Å²) in [6.45, 7) is 2.75. The first-order valence-electron chi connectivity index (χ1n) is 6.91. The van der Waals surface area contributed by atoms with Gasteiger partial charge in [-0.25, -0.2) is 0 Å². The minimum absolute atomic E-state index is 0.240. The average Bonchev–Trinajstić information content (AvgIpc) is 2.53. The van der Waals surface area contributed by atoms with Gasteiger partial charge in [0.1, 0.15) is 24.4 Å². The van der Waals surface area contributed by atoms with Crippen molar-refractivity contribution in [2.45, 2.75) is 19.1 Å². The van der Waals surface area contributed by atoms with Crippen LogP contribution in [0.1, 0.15) is 30.2 Å². The quantitative estimate of drug-likeness (QED) is 0.845. The smallest absolute Gasteiger partial charge is 0.128 e. The fourth-order valence-corrected chi connectivity index (χ4v) is 2.31. The van der Waals surface area contributed by atoms with Crippen molar-refractivity contribution in [2.24, 2.45) is 0 Å². The van der Waals surface area contributed by atoms with E-state index in [1.54, 1.807) is 7.11 Å². The van der Waals surface area contributed by atoms with Crippen LogP contribution in [0, 0.1) is 0 Å². The molecule has 0 radical (unpaired) electrons. The van der Waals surface area contributed by atoms with E-state index in [0.717, 1.165) is 16.9 Å². The second kappa shape index (κ2) is 7.08. The summed E-state index contributed by atoms with van der Waals surface area (Å²) in [6.07, 6.45) is -0.451. The first kappa shape index (κ1) is 14.6. The average molecular weight is 272 g/mol. The SMILES string of the molecule is COc1ccccc1[C@H](C)[NH2+]C[C@@H](O)c1ccccc1. The van der Waals surface area contributed by atoms with E-state index in [2.05, 4.69) is 18.3 Å². The van der Waals surface area contributed by atoms with Gasteiger partial charge < -0.3 is 15.2 Å². The summed E-state index contributed by atoms with van der Waals surface area (Å²) in [7, 11) is 1.68. The zero-order valence-electron chi connectivity index (χ0n) is 12.0. The molecule has 0 aliphatic rings. The number of quaternary nitrogens is 1. The van der Waals surface area contributed by atoms with Crippen molar-refractivity contribution in [1.82, 2.24) is 0 Å². The minimum atomic E-state index is -0.451. The van der Waals surface area contributed by atoms with Gasteiger partial charge in [-0.3, -0.25) is 0 Å². The molecule has 0 bridgehead atoms. The first-order valence-corrected chi connectivity index (χ1v) is 6.91. The largest absolute Gasteiger partial charge is 0.496 e. The maximum Gasteiger partial charge on any atom is 0.128 e. The molecular formula is C17H22NO2+. The van der Waals surface area contributed by atoms with Crippen molar-refractivity contribution in [1.29, 1.82) is 0 Å². The molecule has 2 aromatic rings. The molecule has 0 saturated carbocycles. The number of rotatable bonds is 6. The van der Waals surface area contributed by atoms with Crippen LogP contribution in [0.4, 0.5) is 0 Å². The van der Waals surface area contributed by atoms with Crippen molar-refractivity contribution in [3.63, 3.8) is 0 Å². The summed E-state index contributed by atoms with van der Waals surface area (Å²) in [6, 6.07) is 18.0. The summed E-state index contributed by atoms with van der Waals surface area (Å²) in [4.78, 5) is 0. The van der Waals surface area contributed by atoms with Gasteiger partial charge in [-0.2, -0.15) is 0 Å². The van der Waals surface area contributed by atoms with E-state index in [4.69, 9.17) is 4.74 Å². The van der Waals surface area contributed by atoms with Gasteiger partial charge in [0.25, 0.3) is 0 Å². The maximum absolute atomic E-state index is 10.2. The topological polar surface area (TPSA) is 46.1 Å². The third-order valence-electron chi connectivity index (χ3n) is 3.53. The van der Waals surface area contributed by atoms with Crippen LogP contribution in [0.3, 0.4) is 0 Å². The van der Waals surface area contributed by atoms with Gasteiger partial charge in [0.15, 0.2) is 0 Å². The standard InChI is InChI=1S/C17H21NO2/c1-13(15-10-6-7-11-17(15)20-2)18-12-16(19)14-8-4-3-5-9-14/h3-11,13,16,18-19H,12H2,1-2H3/p+1/t13-,16+/m0/s1. The molecule has 0 fully saturated rings. The van der Waals surface area contributed by atoms with E-state index in [1.165, 1.54) is 0 Å². The molecule has 0 unspecified atom stereocenters. The second-order valence-corrected chi connectivity index (χ2v) is 4.93. The third kappa shape index (κ3) is 3.59. The Hall–Kier alpha value is -1.84. The van der Waals surface area contributed by atoms with Gasteiger partial charge in [0.05, 0.1) is 12.7 Å². The van der Waals surface area contributed by atoms with Crippen LogP contribution in [0.5, 0.6) is 5.75 Å². The molecular weight excluding hydrogens is 250 g/mol. The summed E-state index contributed by atoms with van der Waals surface area (Å²) >= 11 is 0. The van der Waals surface area contributed by atoms with Crippen LogP contribution in [0.25, 0.3) is 0 Å². The number of nitrogens with two attached hydrogens (primary N) is 1. The van der Waals surface area contributed by atoms with Gasteiger partial charge in [-0.15, -0.1) is 0 Å². The van der Waals surface area contributed by atoms with Crippen molar-refractivity contribution >= 4 is 0 Å². The highest BCUT2D eigenvalue weighted by atomic mass is 16.5. The van der Waals surface area contributed by atoms with Crippen LogP contribution in [-0.4, -0.2) is 18.8 Å². The van der Waals surface area contributed by atoms with E-state index in [-0.39, 0.29) is 6.04 Å². The Morgan fingerprint density at radius 2 is 1.70 bits per heavy atom. The van der Waals surface area contributed by atoms with Gasteiger partial charge >= 0.3 is 0 Å². The van der Waals surface area contributed by atoms with E-state index < -0.39 is 6.10 Å². The minimum Gasteiger partial charge on any atom is -0.496 e. The molecule has 3 heteroatoms. The molecule has 0 saturated heterocycles. The van der Waals surface area contributed by atoms with Crippen LogP contribution >= 0.6 is 0 Å². The molecule has 3 N–H and O–H groups in total. The van der Waals surface area contributed by atoms with Gasteiger partial charge in [-0.05, 0) is 24.6 Å². The molecule has 0 amide bonds. The van der Waals surface area contributed by atoms with Crippen molar-refractivity contribution in [3.05, 3.63) is 65.7 Å². The number of methoxy groups -OCH3 is 1. The molecule has 2 rings (SSSR count). The molecule has 0 aliphatic heterocycles. The van der Waals surface area contributed by atoms with Crippen molar-refractivity contribution in [2.75, 3.05) is 13.7 Å². The highest BCUT2D eigenvalue weighted by molar-refractivity contribution is 5.34. The lowest BCUT2D eigenvalue weighted by Gasteiger charge is -2.16. The molecule has 106 valence electrons. The predicted molar refractivity (Wildman–Crippen MR) is 79.6 cm³/mol. The second-order valence-electron chi connectivity index (χ2n) is 4.93. The Bertz CT molecular complexity index is 528. The summed E-state index contributed by atoms with van der Waals surface area (Å²) in [5, 5.41) is 12.3. The zero-order chi connectivity index (χ0) is 14.4. The van der Waals surface area contributed by atoms with Crippen LogP contribution < -0.4 is 10.1 Å². The van der Waals surface area contributed by atoms with Crippen LogP contribution in [-0.2, 0) is 0 Å². The molecule has 0 spiro atoms. The van der Waals surface area contributed by atoms with Crippen LogP contribution in [0.15, 0.2) is 54.6 Å². The number of para-hydroxylation sites is 1. The Morgan fingerprint density at radius 3 is 2.40 bits per heavy atom. The van der Waals surface area contributed by atoms with Crippen LogP contribution in [0.2, 0.25) is 0 Å². The van der Waals surface area contributed by atoms with Gasteiger partial charge in [-0.1, -0.05) is 42.5 Å². The lowest BCUT2D eigenvalue weighted by molar-refractivity contribution is -0.699. The lowest BCUT2D eigenvalue weighted by Crippen LogP contribution is -2.85. The predicted octanol–water partition coefficient (Wildman–Crippen LogP) is 2.05. The number of benzene rings is 2. The van der Waals surface area contributed by atoms with Crippen molar-refractivity contribution in [3.8, 4) is 5.75 Å². The Kier molecular flexibility index (Phi) is 5.16. The molecule has 0 aliphatic carbocycles. The highest BCUT2D eigenvalue weighted by Gasteiger charge is 2.16. The number of aliphatic hydroxyl groups excluding tert-OH is 1. The molecule has 0 aromatic heterocycles. The number of hydrogen-bond acceptors (Lipinski definition) is 2. The highest BCUT2D eigenvalue weighted by Crippen LogP contribution is 2.22. The number of ether oxygens (including phenoxy) is 1. The molecule has 2 aromatic carbocycles. The molecule has 3 nitrogen and oxygen atoms in total. The third-order valence-corrected chi connectivity index (χ3v) is 3.53. The zero-order valence-corrected chi connectivity index (χ0v) is 12.0. The van der Waals surface area contributed by atoms with Crippen molar-refractivity contribution < 1.29 is 15.2 Å². The summed E-state index contributed by atoms with van der Waals surface area (Å²) in [5.74, 6) is 0.894. The normalized spacial score (nSPS) is 13.8. The lowest BCUT2D eigenvalue weighted by atomic mass is 10.1. The van der Waals surface area contributed by atoms with E-state index in [1.807, 2.05) is 48.5 Å². The Morgan fingerprint density at radius 1 is 1.05 bits per heavy atom. The van der Waals surface area contributed by atoms with Gasteiger partial charge in [0.2, 0.25) is 0 Å². The van der Waals surface area contributed by atoms with E-state index in [0.29, 0.717) is 6.54 Å². The molecule has 20 heavy (non-hydrogen) atoms. The molecule has 2 atom stereocenters. The fraction of sp³-hybridized carbons (Fsp3) is 0.294. The fourth-order valence-electron chi connectivity index (χ4n) is 2.31. The first-order chi connectivity index (χ1) is 9.72. The molecule has 0 heterocycles. The van der Waals surface area contributed by atoms with Gasteiger partial charge in [0, 0.05) is 0 Å².